The molecule has 1 atom stereocenters. The summed E-state index contributed by atoms with van der Waals surface area (Å²) in [5.41, 5.74) is 0.789. The third-order valence-electron chi connectivity index (χ3n) is 2.01. The maximum Gasteiger partial charge on any atom is 0.150 e. The van der Waals surface area contributed by atoms with Gasteiger partial charge < -0.3 is 0 Å². The van der Waals surface area contributed by atoms with E-state index in [4.69, 9.17) is 0 Å². The second kappa shape index (κ2) is 4.40. The zero-order chi connectivity index (χ0) is 10.8. The average Bonchev–Trinajstić information content (AvgIpc) is 2.02. The van der Waals surface area contributed by atoms with Gasteiger partial charge in [-0.3, -0.25) is 4.98 Å². The van der Waals surface area contributed by atoms with E-state index in [0.717, 1.165) is 10.2 Å². The molecular weight excluding hydrogens is 266 g/mol. The lowest BCUT2D eigenvalue weighted by atomic mass is 10.2. The van der Waals surface area contributed by atoms with Crippen molar-refractivity contribution in [2.45, 2.75) is 18.6 Å². The Labute approximate surface area is 92.6 Å². The molecule has 0 saturated carbocycles. The molecule has 1 heterocycles. The number of pyridine rings is 1. The minimum absolute atomic E-state index is 0.385. The Morgan fingerprint density at radius 3 is 2.71 bits per heavy atom. The van der Waals surface area contributed by atoms with Crippen molar-refractivity contribution in [2.24, 2.45) is 0 Å². The first kappa shape index (κ1) is 11.7. The lowest BCUT2D eigenvalue weighted by molar-refractivity contribution is 0.588. The minimum Gasteiger partial charge on any atom is -0.261 e. The first-order valence-electron chi connectivity index (χ1n) is 4.19. The van der Waals surface area contributed by atoms with Crippen LogP contribution in [0.5, 0.6) is 0 Å². The van der Waals surface area contributed by atoms with Crippen LogP contribution in [0.15, 0.2) is 22.8 Å². The number of halogens is 1. The van der Waals surface area contributed by atoms with Crippen LogP contribution >= 0.6 is 15.9 Å². The van der Waals surface area contributed by atoms with Crippen LogP contribution in [0.4, 0.5) is 0 Å². The summed E-state index contributed by atoms with van der Waals surface area (Å²) in [5, 5.41) is -0.385. The molecule has 1 aromatic heterocycles. The van der Waals surface area contributed by atoms with Gasteiger partial charge >= 0.3 is 0 Å². The van der Waals surface area contributed by atoms with E-state index in [1.165, 1.54) is 6.26 Å². The van der Waals surface area contributed by atoms with Crippen molar-refractivity contribution >= 4 is 25.8 Å². The summed E-state index contributed by atoms with van der Waals surface area (Å²) >= 11 is 3.31. The molecular formula is C9H12BrNO2S. The predicted octanol–water partition coefficient (Wildman–Crippen LogP) is 1.82. The van der Waals surface area contributed by atoms with E-state index in [9.17, 15) is 8.42 Å². The van der Waals surface area contributed by atoms with E-state index in [2.05, 4.69) is 20.9 Å². The number of hydrogen-bond acceptors (Lipinski definition) is 3. The molecule has 0 radical (unpaired) electrons. The number of sulfone groups is 1. The number of nitrogens with zero attached hydrogens (tertiary/aromatic N) is 1. The Bertz CT molecular complexity index is 417. The molecule has 0 saturated heterocycles. The molecule has 14 heavy (non-hydrogen) atoms. The highest BCUT2D eigenvalue weighted by molar-refractivity contribution is 9.10. The Morgan fingerprint density at radius 1 is 1.57 bits per heavy atom. The van der Waals surface area contributed by atoms with Crippen LogP contribution in [0.3, 0.4) is 0 Å². The molecule has 0 amide bonds. The first-order chi connectivity index (χ1) is 6.39. The van der Waals surface area contributed by atoms with Crippen molar-refractivity contribution in [3.63, 3.8) is 0 Å². The third kappa shape index (κ3) is 3.38. The monoisotopic (exact) mass is 277 g/mol. The molecule has 0 N–H and O–H groups in total. The van der Waals surface area contributed by atoms with Crippen molar-refractivity contribution in [1.29, 1.82) is 0 Å². The molecule has 0 fully saturated rings. The van der Waals surface area contributed by atoms with Crippen LogP contribution in [0, 0.1) is 0 Å². The van der Waals surface area contributed by atoms with Crippen molar-refractivity contribution in [1.82, 2.24) is 4.98 Å². The number of rotatable bonds is 3. The highest BCUT2D eigenvalue weighted by Crippen LogP contribution is 2.12. The molecule has 1 aromatic rings. The van der Waals surface area contributed by atoms with Crippen LogP contribution in [0.2, 0.25) is 0 Å². The Hall–Kier alpha value is -0.420. The van der Waals surface area contributed by atoms with Crippen LogP contribution < -0.4 is 0 Å². The molecule has 3 nitrogen and oxygen atoms in total. The lowest BCUT2D eigenvalue weighted by Crippen LogP contribution is -2.19. The van der Waals surface area contributed by atoms with E-state index in [-0.39, 0.29) is 5.25 Å². The molecule has 0 aliphatic rings. The third-order valence-corrected chi connectivity index (χ3v) is 4.13. The predicted molar refractivity (Wildman–Crippen MR) is 59.9 cm³/mol. The maximum absolute atomic E-state index is 11.2. The summed E-state index contributed by atoms with van der Waals surface area (Å²) in [6, 6.07) is 3.65. The molecule has 1 rings (SSSR count). The van der Waals surface area contributed by atoms with Gasteiger partial charge in [-0.1, -0.05) is 15.9 Å². The molecule has 78 valence electrons. The fraction of sp³-hybridized carbons (Fsp3) is 0.444. The van der Waals surface area contributed by atoms with Crippen LogP contribution in [-0.4, -0.2) is 24.9 Å². The fourth-order valence-corrected chi connectivity index (χ4v) is 1.86. The molecule has 1 unspecified atom stereocenters. The van der Waals surface area contributed by atoms with E-state index in [1.54, 1.807) is 13.1 Å². The van der Waals surface area contributed by atoms with Crippen molar-refractivity contribution < 1.29 is 8.42 Å². The van der Waals surface area contributed by atoms with E-state index >= 15 is 0 Å². The van der Waals surface area contributed by atoms with Crippen LogP contribution in [0.25, 0.3) is 0 Å². The second-order valence-corrected chi connectivity index (χ2v) is 6.69. The van der Waals surface area contributed by atoms with Gasteiger partial charge in [0.25, 0.3) is 0 Å². The van der Waals surface area contributed by atoms with E-state index in [0.29, 0.717) is 6.42 Å². The SMILES string of the molecule is CC(Cc1cc(Br)ccn1)S(C)(=O)=O. The Balaban J connectivity index is 2.80. The summed E-state index contributed by atoms with van der Waals surface area (Å²) in [6.07, 6.45) is 3.36. The fourth-order valence-electron chi connectivity index (χ4n) is 1.01. The van der Waals surface area contributed by atoms with Gasteiger partial charge in [-0.25, -0.2) is 8.42 Å². The summed E-state index contributed by atoms with van der Waals surface area (Å²) in [5.74, 6) is 0. The first-order valence-corrected chi connectivity index (χ1v) is 6.93. The topological polar surface area (TPSA) is 47.0 Å². The summed E-state index contributed by atoms with van der Waals surface area (Å²) in [4.78, 5) is 4.10. The van der Waals surface area contributed by atoms with Gasteiger partial charge in [-0.15, -0.1) is 0 Å². The van der Waals surface area contributed by atoms with Crippen LogP contribution in [0.1, 0.15) is 12.6 Å². The smallest absolute Gasteiger partial charge is 0.150 e. The largest absolute Gasteiger partial charge is 0.261 e. The van der Waals surface area contributed by atoms with Crippen molar-refractivity contribution in [3.05, 3.63) is 28.5 Å². The highest BCUT2D eigenvalue weighted by Gasteiger charge is 2.15. The molecule has 0 spiro atoms. The van der Waals surface area contributed by atoms with E-state index in [1.807, 2.05) is 12.1 Å². The average molecular weight is 278 g/mol. The van der Waals surface area contributed by atoms with Crippen molar-refractivity contribution in [3.8, 4) is 0 Å². The van der Waals surface area contributed by atoms with Gasteiger partial charge in [0, 0.05) is 29.0 Å². The normalized spacial score (nSPS) is 13.9. The quantitative estimate of drug-likeness (QED) is 0.847. The highest BCUT2D eigenvalue weighted by atomic mass is 79.9. The summed E-state index contributed by atoms with van der Waals surface area (Å²) in [7, 11) is -2.97. The van der Waals surface area contributed by atoms with Gasteiger partial charge in [-0.05, 0) is 19.1 Å². The van der Waals surface area contributed by atoms with Crippen LogP contribution in [-0.2, 0) is 16.3 Å². The summed E-state index contributed by atoms with van der Waals surface area (Å²) < 4.78 is 23.3. The van der Waals surface area contributed by atoms with Gasteiger partial charge in [0.15, 0.2) is 0 Å². The molecule has 0 aliphatic heterocycles. The zero-order valence-corrected chi connectivity index (χ0v) is 10.5. The second-order valence-electron chi connectivity index (χ2n) is 3.31. The Morgan fingerprint density at radius 2 is 2.21 bits per heavy atom. The van der Waals surface area contributed by atoms with Gasteiger partial charge in [-0.2, -0.15) is 0 Å². The summed E-state index contributed by atoms with van der Waals surface area (Å²) in [6.45, 7) is 1.69. The molecule has 5 heteroatoms. The minimum atomic E-state index is -2.97. The number of hydrogen-bond donors (Lipinski definition) is 0. The molecule has 0 aliphatic carbocycles. The zero-order valence-electron chi connectivity index (χ0n) is 8.07. The van der Waals surface area contributed by atoms with E-state index < -0.39 is 9.84 Å². The van der Waals surface area contributed by atoms with Crippen molar-refractivity contribution in [2.75, 3.05) is 6.26 Å². The lowest BCUT2D eigenvalue weighted by Gasteiger charge is -2.08. The Kier molecular flexibility index (Phi) is 3.66. The molecule has 0 bridgehead atoms. The molecule has 0 aromatic carbocycles. The van der Waals surface area contributed by atoms with Gasteiger partial charge in [0.1, 0.15) is 9.84 Å². The van der Waals surface area contributed by atoms with Gasteiger partial charge in [0.2, 0.25) is 0 Å². The number of aromatic nitrogens is 1. The maximum atomic E-state index is 11.2. The van der Waals surface area contributed by atoms with Gasteiger partial charge in [0.05, 0.1) is 5.25 Å². The standard InChI is InChI=1S/C9H12BrNO2S/c1-7(14(2,12)13)5-9-6-8(10)3-4-11-9/h3-4,6-7H,5H2,1-2H3.